The van der Waals surface area contributed by atoms with E-state index in [4.69, 9.17) is 9.84 Å². The van der Waals surface area contributed by atoms with Crippen molar-refractivity contribution in [1.29, 1.82) is 0 Å². The maximum absolute atomic E-state index is 11.6. The Bertz CT molecular complexity index is 266. The first-order chi connectivity index (χ1) is 7.82. The Kier molecular flexibility index (Phi) is 6.57. The number of carbonyl (C=O) groups excluding carboxylic acids is 1. The van der Waals surface area contributed by atoms with Gasteiger partial charge in [0.05, 0.1) is 12.1 Å². The van der Waals surface area contributed by atoms with Gasteiger partial charge in [0.1, 0.15) is 6.04 Å². The van der Waals surface area contributed by atoms with Crippen molar-refractivity contribution in [2.24, 2.45) is 0 Å². The number of nitrogens with one attached hydrogen (secondary N) is 2. The second kappa shape index (κ2) is 7.11. The topological polar surface area (TPSA) is 87.7 Å². The number of methoxy groups -OCH3 is 1. The molecule has 3 N–H and O–H groups in total. The molecule has 0 aliphatic carbocycles. The number of hydrogen-bond acceptors (Lipinski definition) is 3. The molecule has 0 aromatic rings. The number of carboxylic acid groups (broad SMARTS) is 1. The molecule has 0 unspecified atom stereocenters. The molecule has 17 heavy (non-hydrogen) atoms. The van der Waals surface area contributed by atoms with Crippen LogP contribution in [0.4, 0.5) is 4.79 Å². The highest BCUT2D eigenvalue weighted by atomic mass is 16.5. The van der Waals surface area contributed by atoms with Gasteiger partial charge in [-0.3, -0.25) is 0 Å². The van der Waals surface area contributed by atoms with Crippen molar-refractivity contribution in [3.05, 3.63) is 0 Å². The highest BCUT2D eigenvalue weighted by Gasteiger charge is 2.24. The molecule has 0 spiro atoms. The zero-order valence-electron chi connectivity index (χ0n) is 10.9. The van der Waals surface area contributed by atoms with Gasteiger partial charge < -0.3 is 20.5 Å². The lowest BCUT2D eigenvalue weighted by atomic mass is 10.1. The van der Waals surface area contributed by atoms with E-state index in [9.17, 15) is 9.59 Å². The highest BCUT2D eigenvalue weighted by Crippen LogP contribution is 2.02. The third-order valence-corrected chi connectivity index (χ3v) is 2.14. The molecule has 0 heterocycles. The van der Waals surface area contributed by atoms with Crippen LogP contribution in [0.25, 0.3) is 0 Å². The largest absolute Gasteiger partial charge is 0.480 e. The molecule has 0 aliphatic heterocycles. The van der Waals surface area contributed by atoms with E-state index in [2.05, 4.69) is 10.6 Å². The lowest BCUT2D eigenvalue weighted by molar-refractivity contribution is -0.139. The van der Waals surface area contributed by atoms with Gasteiger partial charge in [-0.2, -0.15) is 0 Å². The van der Waals surface area contributed by atoms with Crippen molar-refractivity contribution in [3.8, 4) is 0 Å². The minimum absolute atomic E-state index is 0.353. The van der Waals surface area contributed by atoms with Crippen molar-refractivity contribution in [2.75, 3.05) is 13.7 Å². The minimum atomic E-state index is -1.02. The SMILES string of the molecule is CCC[C@@H](NC(=O)NC(C)(C)COC)C(=O)O. The molecule has 6 nitrogen and oxygen atoms in total. The van der Waals surface area contributed by atoms with Crippen LogP contribution >= 0.6 is 0 Å². The molecule has 6 heteroatoms. The summed E-state index contributed by atoms with van der Waals surface area (Å²) >= 11 is 0. The molecule has 0 aromatic heterocycles. The van der Waals surface area contributed by atoms with E-state index in [-0.39, 0.29) is 0 Å². The summed E-state index contributed by atoms with van der Waals surface area (Å²) in [6.07, 6.45) is 1.10. The highest BCUT2D eigenvalue weighted by molar-refractivity contribution is 5.82. The van der Waals surface area contributed by atoms with E-state index >= 15 is 0 Å². The first-order valence-corrected chi connectivity index (χ1v) is 5.63. The van der Waals surface area contributed by atoms with Crippen molar-refractivity contribution in [2.45, 2.75) is 45.2 Å². The quantitative estimate of drug-likeness (QED) is 0.624. The molecule has 0 saturated heterocycles. The predicted octanol–water partition coefficient (Wildman–Crippen LogP) is 0.964. The van der Waals surface area contributed by atoms with Gasteiger partial charge in [-0.1, -0.05) is 13.3 Å². The van der Waals surface area contributed by atoms with Gasteiger partial charge in [-0.05, 0) is 20.3 Å². The van der Waals surface area contributed by atoms with Crippen LogP contribution in [-0.4, -0.2) is 42.4 Å². The summed E-state index contributed by atoms with van der Waals surface area (Å²) in [6, 6.07) is -1.34. The third kappa shape index (κ3) is 6.78. The van der Waals surface area contributed by atoms with Gasteiger partial charge in [0, 0.05) is 7.11 Å². The normalized spacial score (nSPS) is 12.9. The van der Waals surface area contributed by atoms with Gasteiger partial charge in [0.2, 0.25) is 0 Å². The van der Waals surface area contributed by atoms with Crippen LogP contribution in [0.5, 0.6) is 0 Å². The van der Waals surface area contributed by atoms with E-state index in [0.717, 1.165) is 0 Å². The molecule has 0 rings (SSSR count). The first-order valence-electron chi connectivity index (χ1n) is 5.63. The Labute approximate surface area is 102 Å². The van der Waals surface area contributed by atoms with Crippen LogP contribution in [0.3, 0.4) is 0 Å². The van der Waals surface area contributed by atoms with E-state index in [1.165, 1.54) is 0 Å². The Morgan fingerprint density at radius 1 is 1.41 bits per heavy atom. The molecular weight excluding hydrogens is 224 g/mol. The van der Waals surface area contributed by atoms with E-state index in [0.29, 0.717) is 19.4 Å². The molecule has 2 amide bonds. The Balaban J connectivity index is 4.27. The zero-order valence-corrected chi connectivity index (χ0v) is 10.9. The number of aliphatic carboxylic acids is 1. The minimum Gasteiger partial charge on any atom is -0.480 e. The monoisotopic (exact) mass is 246 g/mol. The summed E-state index contributed by atoms with van der Waals surface area (Å²) in [5.74, 6) is -1.02. The maximum Gasteiger partial charge on any atom is 0.326 e. The summed E-state index contributed by atoms with van der Waals surface area (Å²) < 4.78 is 4.95. The molecule has 0 aliphatic rings. The van der Waals surface area contributed by atoms with Gasteiger partial charge in [0.25, 0.3) is 0 Å². The van der Waals surface area contributed by atoms with Crippen LogP contribution in [0.1, 0.15) is 33.6 Å². The lowest BCUT2D eigenvalue weighted by Crippen LogP contribution is -2.54. The molecule has 1 atom stereocenters. The van der Waals surface area contributed by atoms with Gasteiger partial charge in [-0.15, -0.1) is 0 Å². The molecule has 0 radical (unpaired) electrons. The smallest absolute Gasteiger partial charge is 0.326 e. The van der Waals surface area contributed by atoms with Crippen LogP contribution in [-0.2, 0) is 9.53 Å². The van der Waals surface area contributed by atoms with E-state index in [1.807, 2.05) is 6.92 Å². The van der Waals surface area contributed by atoms with E-state index in [1.54, 1.807) is 21.0 Å². The molecule has 0 bridgehead atoms. The average Bonchev–Trinajstić information content (AvgIpc) is 2.15. The number of hydrogen-bond donors (Lipinski definition) is 3. The fourth-order valence-electron chi connectivity index (χ4n) is 1.44. The zero-order chi connectivity index (χ0) is 13.5. The fraction of sp³-hybridized carbons (Fsp3) is 0.818. The van der Waals surface area contributed by atoms with Crippen molar-refractivity contribution in [1.82, 2.24) is 10.6 Å². The standard InChI is InChI=1S/C11H22N2O4/c1-5-6-8(9(14)15)12-10(16)13-11(2,3)7-17-4/h8H,5-7H2,1-4H3,(H,14,15)(H2,12,13,16)/t8-/m1/s1. The van der Waals surface area contributed by atoms with Crippen molar-refractivity contribution in [3.63, 3.8) is 0 Å². The summed E-state index contributed by atoms with van der Waals surface area (Å²) in [6.45, 7) is 5.81. The lowest BCUT2D eigenvalue weighted by Gasteiger charge is -2.26. The molecule has 0 saturated carbocycles. The number of carboxylic acids is 1. The predicted molar refractivity (Wildman–Crippen MR) is 64.0 cm³/mol. The molecule has 100 valence electrons. The Morgan fingerprint density at radius 2 is 2.00 bits per heavy atom. The summed E-state index contributed by atoms with van der Waals surface area (Å²) in [5.41, 5.74) is -0.534. The molecule has 0 fully saturated rings. The van der Waals surface area contributed by atoms with Crippen LogP contribution in [0.2, 0.25) is 0 Å². The Hall–Kier alpha value is -1.30. The van der Waals surface area contributed by atoms with Crippen molar-refractivity contribution < 1.29 is 19.4 Å². The fourth-order valence-corrected chi connectivity index (χ4v) is 1.44. The number of urea groups is 1. The van der Waals surface area contributed by atoms with Crippen molar-refractivity contribution >= 4 is 12.0 Å². The second-order valence-electron chi connectivity index (χ2n) is 4.59. The second-order valence-corrected chi connectivity index (χ2v) is 4.59. The number of rotatable bonds is 7. The number of carbonyl (C=O) groups is 2. The van der Waals surface area contributed by atoms with Crippen LogP contribution in [0, 0.1) is 0 Å². The number of amides is 2. The van der Waals surface area contributed by atoms with Crippen LogP contribution < -0.4 is 10.6 Å². The first kappa shape index (κ1) is 15.7. The summed E-state index contributed by atoms with van der Waals surface area (Å²) in [7, 11) is 1.54. The summed E-state index contributed by atoms with van der Waals surface area (Å²) in [5, 5.41) is 14.0. The number of ether oxygens (including phenoxy) is 1. The Morgan fingerprint density at radius 3 is 2.41 bits per heavy atom. The van der Waals surface area contributed by atoms with Gasteiger partial charge in [0.15, 0.2) is 0 Å². The average molecular weight is 246 g/mol. The van der Waals surface area contributed by atoms with E-state index < -0.39 is 23.6 Å². The molecular formula is C11H22N2O4. The summed E-state index contributed by atoms with van der Waals surface area (Å²) in [4.78, 5) is 22.4. The van der Waals surface area contributed by atoms with Crippen LogP contribution in [0.15, 0.2) is 0 Å². The van der Waals surface area contributed by atoms with Gasteiger partial charge >= 0.3 is 12.0 Å². The third-order valence-electron chi connectivity index (χ3n) is 2.14. The van der Waals surface area contributed by atoms with Gasteiger partial charge in [-0.25, -0.2) is 9.59 Å². The maximum atomic E-state index is 11.6. The molecule has 0 aromatic carbocycles.